The van der Waals surface area contributed by atoms with E-state index in [1.165, 1.54) is 31.5 Å². The van der Waals surface area contributed by atoms with E-state index in [1.54, 1.807) is 0 Å². The Hall–Kier alpha value is -3.57. The maximum absolute atomic E-state index is 10.8. The largest absolute Gasteiger partial charge is 0.494 e. The molecule has 5 rings (SSSR count). The van der Waals surface area contributed by atoms with E-state index in [0.29, 0.717) is 17.0 Å². The fourth-order valence-corrected chi connectivity index (χ4v) is 4.58. The zero-order valence-corrected chi connectivity index (χ0v) is 19.0. The summed E-state index contributed by atoms with van der Waals surface area (Å²) in [6, 6.07) is 24.0. The van der Waals surface area contributed by atoms with E-state index in [2.05, 4.69) is 41.1 Å². The van der Waals surface area contributed by atoms with Gasteiger partial charge in [-0.1, -0.05) is 49.4 Å². The van der Waals surface area contributed by atoms with Gasteiger partial charge >= 0.3 is 0 Å². The molecule has 0 bridgehead atoms. The number of H-pyrrole nitrogens is 1. The van der Waals surface area contributed by atoms with Crippen molar-refractivity contribution in [2.75, 3.05) is 18.8 Å². The molecule has 168 valence electrons. The lowest BCUT2D eigenvalue weighted by molar-refractivity contribution is 0.185. The number of piperidine rings is 1. The first-order valence-corrected chi connectivity index (χ1v) is 11.6. The fraction of sp³-hybridized carbons (Fsp3) is 0.250. The van der Waals surface area contributed by atoms with Gasteiger partial charge < -0.3 is 15.8 Å². The minimum Gasteiger partial charge on any atom is -0.494 e. The van der Waals surface area contributed by atoms with E-state index < -0.39 is 0 Å². The predicted molar refractivity (Wildman–Crippen MR) is 136 cm³/mol. The number of benzene rings is 3. The Balaban J connectivity index is 1.50. The van der Waals surface area contributed by atoms with E-state index in [1.807, 2.05) is 48.5 Å². The van der Waals surface area contributed by atoms with Crippen LogP contribution in [0.3, 0.4) is 0 Å². The van der Waals surface area contributed by atoms with E-state index in [4.69, 9.17) is 10.7 Å². The standard InChI is InChI=1S/C28H30N4O/c1-19-13-15-32(16-14-19)18-20-7-10-23(11-8-20)30-27(21-5-3-2-4-6-21)26-24-17-22(29)9-12-25(24)31-28(26)33/h2-12,17,19,31,33H,13-16,18,29H2,1H3. The van der Waals surface area contributed by atoms with Crippen LogP contribution in [0, 0.1) is 5.92 Å². The van der Waals surface area contributed by atoms with Gasteiger partial charge in [-0.2, -0.15) is 0 Å². The third kappa shape index (κ3) is 4.64. The number of rotatable bonds is 5. The van der Waals surface area contributed by atoms with Gasteiger partial charge in [0.15, 0.2) is 5.88 Å². The molecule has 33 heavy (non-hydrogen) atoms. The lowest BCUT2D eigenvalue weighted by Gasteiger charge is -2.30. The van der Waals surface area contributed by atoms with Crippen molar-refractivity contribution >= 4 is 28.0 Å². The van der Waals surface area contributed by atoms with Gasteiger partial charge in [-0.05, 0) is 67.7 Å². The van der Waals surface area contributed by atoms with Gasteiger partial charge in [0.1, 0.15) is 0 Å². The second kappa shape index (κ2) is 9.12. The van der Waals surface area contributed by atoms with Gasteiger partial charge in [0.25, 0.3) is 0 Å². The Labute approximate surface area is 194 Å². The van der Waals surface area contributed by atoms with Gasteiger partial charge in [-0.3, -0.25) is 4.90 Å². The number of aromatic hydroxyl groups is 1. The Morgan fingerprint density at radius 3 is 2.48 bits per heavy atom. The van der Waals surface area contributed by atoms with Crippen molar-refractivity contribution in [2.24, 2.45) is 10.9 Å². The van der Waals surface area contributed by atoms with Gasteiger partial charge in [0, 0.05) is 28.7 Å². The van der Waals surface area contributed by atoms with Crippen molar-refractivity contribution in [2.45, 2.75) is 26.3 Å². The molecule has 4 aromatic rings. The minimum absolute atomic E-state index is 0.0918. The first-order valence-electron chi connectivity index (χ1n) is 11.6. The monoisotopic (exact) mass is 438 g/mol. The van der Waals surface area contributed by atoms with Crippen LogP contribution in [-0.2, 0) is 6.54 Å². The average molecular weight is 439 g/mol. The van der Waals surface area contributed by atoms with Crippen molar-refractivity contribution in [1.29, 1.82) is 0 Å². The Kier molecular flexibility index (Phi) is 5.88. The number of aromatic nitrogens is 1. The number of hydrogen-bond donors (Lipinski definition) is 3. The molecule has 1 aliphatic heterocycles. The third-order valence-corrected chi connectivity index (χ3v) is 6.55. The molecule has 1 aliphatic rings. The fourth-order valence-electron chi connectivity index (χ4n) is 4.58. The van der Waals surface area contributed by atoms with Crippen LogP contribution in [0.1, 0.15) is 36.5 Å². The molecule has 0 spiro atoms. The van der Waals surface area contributed by atoms with Crippen molar-refractivity contribution in [1.82, 2.24) is 9.88 Å². The van der Waals surface area contributed by atoms with Crippen LogP contribution < -0.4 is 5.73 Å². The molecule has 0 radical (unpaired) electrons. The van der Waals surface area contributed by atoms with Crippen molar-refractivity contribution in [3.8, 4) is 5.88 Å². The van der Waals surface area contributed by atoms with E-state index in [-0.39, 0.29) is 5.88 Å². The lowest BCUT2D eigenvalue weighted by atomic mass is 9.99. The summed E-state index contributed by atoms with van der Waals surface area (Å²) >= 11 is 0. The van der Waals surface area contributed by atoms with Crippen LogP contribution in [0.5, 0.6) is 5.88 Å². The topological polar surface area (TPSA) is 77.6 Å². The normalized spacial score (nSPS) is 15.8. The van der Waals surface area contributed by atoms with Crippen LogP contribution in [-0.4, -0.2) is 33.8 Å². The number of hydrogen-bond acceptors (Lipinski definition) is 4. The van der Waals surface area contributed by atoms with Crippen LogP contribution in [0.4, 0.5) is 11.4 Å². The van der Waals surface area contributed by atoms with Crippen LogP contribution in [0.25, 0.3) is 10.9 Å². The Morgan fingerprint density at radius 1 is 1.03 bits per heavy atom. The quantitative estimate of drug-likeness (QED) is 0.270. The van der Waals surface area contributed by atoms with Crippen LogP contribution >= 0.6 is 0 Å². The molecule has 2 heterocycles. The number of aromatic amines is 1. The number of likely N-dealkylation sites (tertiary alicyclic amines) is 1. The number of nitrogens with one attached hydrogen (secondary N) is 1. The molecule has 0 aliphatic carbocycles. The van der Waals surface area contributed by atoms with Crippen molar-refractivity contribution in [3.05, 3.63) is 89.5 Å². The van der Waals surface area contributed by atoms with Crippen LogP contribution in [0.15, 0.2) is 77.8 Å². The summed E-state index contributed by atoms with van der Waals surface area (Å²) in [7, 11) is 0. The van der Waals surface area contributed by atoms with Gasteiger partial charge in [0.2, 0.25) is 0 Å². The van der Waals surface area contributed by atoms with Crippen molar-refractivity contribution < 1.29 is 5.11 Å². The Bertz CT molecular complexity index is 1270. The highest BCUT2D eigenvalue weighted by atomic mass is 16.3. The van der Waals surface area contributed by atoms with E-state index in [0.717, 1.165) is 34.6 Å². The molecule has 3 aromatic carbocycles. The average Bonchev–Trinajstić information content (AvgIpc) is 3.15. The zero-order valence-electron chi connectivity index (χ0n) is 19.0. The molecule has 0 unspecified atom stereocenters. The Morgan fingerprint density at radius 2 is 1.76 bits per heavy atom. The van der Waals surface area contributed by atoms with Gasteiger partial charge in [-0.25, -0.2) is 4.99 Å². The van der Waals surface area contributed by atoms with E-state index >= 15 is 0 Å². The number of nitrogen functional groups attached to an aromatic ring is 1. The molecule has 0 saturated carbocycles. The molecular weight excluding hydrogens is 408 g/mol. The summed E-state index contributed by atoms with van der Waals surface area (Å²) < 4.78 is 0. The first kappa shape index (κ1) is 21.3. The summed E-state index contributed by atoms with van der Waals surface area (Å²) in [5.41, 5.74) is 12.0. The molecule has 5 heteroatoms. The first-order chi connectivity index (χ1) is 16.1. The second-order valence-electron chi connectivity index (χ2n) is 9.11. The van der Waals surface area contributed by atoms with Gasteiger partial charge in [-0.15, -0.1) is 0 Å². The number of anilines is 1. The third-order valence-electron chi connectivity index (χ3n) is 6.55. The highest BCUT2D eigenvalue weighted by Crippen LogP contribution is 2.32. The molecule has 1 saturated heterocycles. The molecule has 0 amide bonds. The molecular formula is C28H30N4O. The number of nitrogens with two attached hydrogens (primary N) is 1. The number of aliphatic imine (C=N–C) groups is 1. The summed E-state index contributed by atoms with van der Waals surface area (Å²) in [6.07, 6.45) is 2.56. The number of nitrogens with zero attached hydrogens (tertiary/aromatic N) is 2. The highest BCUT2D eigenvalue weighted by Gasteiger charge is 2.19. The molecule has 0 atom stereocenters. The van der Waals surface area contributed by atoms with Crippen molar-refractivity contribution in [3.63, 3.8) is 0 Å². The summed E-state index contributed by atoms with van der Waals surface area (Å²) in [4.78, 5) is 10.6. The highest BCUT2D eigenvalue weighted by molar-refractivity contribution is 6.22. The van der Waals surface area contributed by atoms with Gasteiger partial charge in [0.05, 0.1) is 17.0 Å². The van der Waals surface area contributed by atoms with E-state index in [9.17, 15) is 5.11 Å². The molecule has 5 nitrogen and oxygen atoms in total. The SMILES string of the molecule is CC1CCN(Cc2ccc(N=C(c3ccccc3)c3c(O)[nH]c4ccc(N)cc34)cc2)CC1. The minimum atomic E-state index is 0.0918. The second-order valence-corrected chi connectivity index (χ2v) is 9.11. The maximum Gasteiger partial charge on any atom is 0.199 e. The maximum atomic E-state index is 10.8. The molecule has 4 N–H and O–H groups in total. The predicted octanol–water partition coefficient (Wildman–Crippen LogP) is 5.86. The molecule has 1 aromatic heterocycles. The molecule has 1 fully saturated rings. The number of fused-ring (bicyclic) bond motifs is 1. The smallest absolute Gasteiger partial charge is 0.199 e. The summed E-state index contributed by atoms with van der Waals surface area (Å²) in [5, 5.41) is 11.7. The van der Waals surface area contributed by atoms with Crippen LogP contribution in [0.2, 0.25) is 0 Å². The summed E-state index contributed by atoms with van der Waals surface area (Å²) in [5.74, 6) is 0.930. The zero-order chi connectivity index (χ0) is 22.8. The summed E-state index contributed by atoms with van der Waals surface area (Å²) in [6.45, 7) is 5.66. The lowest BCUT2D eigenvalue weighted by Crippen LogP contribution is -2.32.